The van der Waals surface area contributed by atoms with Gasteiger partial charge in [-0.1, -0.05) is 6.92 Å². The highest BCUT2D eigenvalue weighted by molar-refractivity contribution is 7.09. The van der Waals surface area contributed by atoms with Crippen molar-refractivity contribution in [3.8, 4) is 0 Å². The molecule has 1 atom stereocenters. The van der Waals surface area contributed by atoms with E-state index in [2.05, 4.69) is 20.7 Å². The van der Waals surface area contributed by atoms with Gasteiger partial charge in [0.05, 0.1) is 22.6 Å². The number of piperidine rings is 1. The lowest BCUT2D eigenvalue weighted by molar-refractivity contribution is 0.102. The van der Waals surface area contributed by atoms with E-state index >= 15 is 0 Å². The number of hydrogen-bond donors (Lipinski definition) is 2. The molecule has 2 aromatic heterocycles. The minimum absolute atomic E-state index is 0.156. The van der Waals surface area contributed by atoms with E-state index < -0.39 is 0 Å². The molecule has 7 heteroatoms. The van der Waals surface area contributed by atoms with Gasteiger partial charge in [0.1, 0.15) is 5.69 Å². The SMILES string of the molecule is CCc1c(NC(=O)c2csc(CC3CCCNC3)n2)cnn1C. The Labute approximate surface area is 140 Å². The largest absolute Gasteiger partial charge is 0.318 e. The third-order valence-corrected chi connectivity index (χ3v) is 5.16. The molecule has 1 saturated heterocycles. The Hall–Kier alpha value is -1.73. The number of anilines is 1. The van der Waals surface area contributed by atoms with Gasteiger partial charge < -0.3 is 10.6 Å². The summed E-state index contributed by atoms with van der Waals surface area (Å²) in [5, 5.41) is 13.4. The van der Waals surface area contributed by atoms with E-state index in [0.29, 0.717) is 11.6 Å². The molecule has 0 saturated carbocycles. The van der Waals surface area contributed by atoms with Crippen molar-refractivity contribution in [2.45, 2.75) is 32.6 Å². The summed E-state index contributed by atoms with van der Waals surface area (Å²) < 4.78 is 1.79. The zero-order valence-corrected chi connectivity index (χ0v) is 14.4. The van der Waals surface area contributed by atoms with Crippen molar-refractivity contribution in [3.63, 3.8) is 0 Å². The molecule has 23 heavy (non-hydrogen) atoms. The first-order chi connectivity index (χ1) is 11.2. The number of hydrogen-bond acceptors (Lipinski definition) is 5. The van der Waals surface area contributed by atoms with Gasteiger partial charge in [-0.25, -0.2) is 4.98 Å². The predicted molar refractivity (Wildman–Crippen MR) is 92.0 cm³/mol. The Morgan fingerprint density at radius 2 is 2.43 bits per heavy atom. The fraction of sp³-hybridized carbons (Fsp3) is 0.562. The van der Waals surface area contributed by atoms with E-state index in [1.165, 1.54) is 12.8 Å². The monoisotopic (exact) mass is 333 g/mol. The van der Waals surface area contributed by atoms with Crippen LogP contribution in [0.25, 0.3) is 0 Å². The van der Waals surface area contributed by atoms with E-state index in [4.69, 9.17) is 0 Å². The second kappa shape index (κ2) is 7.23. The summed E-state index contributed by atoms with van der Waals surface area (Å²) in [6.45, 7) is 4.22. The van der Waals surface area contributed by atoms with Crippen LogP contribution in [0.2, 0.25) is 0 Å². The van der Waals surface area contributed by atoms with Gasteiger partial charge in [0.15, 0.2) is 0 Å². The average Bonchev–Trinajstić information content (AvgIpc) is 3.15. The lowest BCUT2D eigenvalue weighted by Crippen LogP contribution is -2.30. The molecule has 1 aliphatic rings. The molecular weight excluding hydrogens is 310 g/mol. The van der Waals surface area contributed by atoms with Gasteiger partial charge in [-0.2, -0.15) is 5.10 Å². The van der Waals surface area contributed by atoms with Crippen LogP contribution in [0.3, 0.4) is 0 Å². The van der Waals surface area contributed by atoms with E-state index in [0.717, 1.165) is 42.3 Å². The molecule has 1 amide bonds. The second-order valence-corrected chi connectivity index (χ2v) is 6.92. The number of thiazole rings is 1. The van der Waals surface area contributed by atoms with Crippen LogP contribution >= 0.6 is 11.3 Å². The molecule has 2 N–H and O–H groups in total. The molecule has 1 fully saturated rings. The van der Waals surface area contributed by atoms with Crippen LogP contribution in [0.5, 0.6) is 0 Å². The fourth-order valence-corrected chi connectivity index (χ4v) is 3.92. The minimum atomic E-state index is -0.156. The quantitative estimate of drug-likeness (QED) is 0.880. The van der Waals surface area contributed by atoms with Gasteiger partial charge >= 0.3 is 0 Å². The molecule has 1 aliphatic heterocycles. The summed E-state index contributed by atoms with van der Waals surface area (Å²) in [6, 6.07) is 0. The van der Waals surface area contributed by atoms with Crippen molar-refractivity contribution in [1.82, 2.24) is 20.1 Å². The van der Waals surface area contributed by atoms with Crippen molar-refractivity contribution >= 4 is 22.9 Å². The maximum absolute atomic E-state index is 12.4. The van der Waals surface area contributed by atoms with Gasteiger partial charge in [0.25, 0.3) is 5.91 Å². The zero-order valence-electron chi connectivity index (χ0n) is 13.6. The summed E-state index contributed by atoms with van der Waals surface area (Å²) >= 11 is 1.58. The molecule has 0 aliphatic carbocycles. The molecule has 124 valence electrons. The predicted octanol–water partition coefficient (Wildman–Crippen LogP) is 2.23. The lowest BCUT2D eigenvalue weighted by Gasteiger charge is -2.21. The Morgan fingerprint density at radius 3 is 3.17 bits per heavy atom. The van der Waals surface area contributed by atoms with Crippen molar-refractivity contribution < 1.29 is 4.79 Å². The highest BCUT2D eigenvalue weighted by atomic mass is 32.1. The first-order valence-electron chi connectivity index (χ1n) is 8.14. The lowest BCUT2D eigenvalue weighted by atomic mass is 9.97. The van der Waals surface area contributed by atoms with Gasteiger partial charge in [-0.3, -0.25) is 9.48 Å². The Morgan fingerprint density at radius 1 is 1.57 bits per heavy atom. The number of nitrogens with zero attached hydrogens (tertiary/aromatic N) is 3. The number of amides is 1. The summed E-state index contributed by atoms with van der Waals surface area (Å²) in [5.41, 5.74) is 2.28. The first-order valence-corrected chi connectivity index (χ1v) is 9.02. The smallest absolute Gasteiger partial charge is 0.275 e. The molecule has 3 heterocycles. The van der Waals surface area contributed by atoms with Crippen LogP contribution in [0.15, 0.2) is 11.6 Å². The van der Waals surface area contributed by atoms with Crippen LogP contribution in [0.1, 0.15) is 41.0 Å². The van der Waals surface area contributed by atoms with Crippen LogP contribution in [0.4, 0.5) is 5.69 Å². The Kier molecular flexibility index (Phi) is 5.07. The highest BCUT2D eigenvalue weighted by Crippen LogP contribution is 2.21. The van der Waals surface area contributed by atoms with Gasteiger partial charge in [-0.15, -0.1) is 11.3 Å². The highest BCUT2D eigenvalue weighted by Gasteiger charge is 2.18. The van der Waals surface area contributed by atoms with Crippen molar-refractivity contribution in [2.75, 3.05) is 18.4 Å². The Bertz CT molecular complexity index is 672. The van der Waals surface area contributed by atoms with Crippen molar-refractivity contribution in [2.24, 2.45) is 13.0 Å². The molecule has 3 rings (SSSR count). The maximum Gasteiger partial charge on any atom is 0.275 e. The van der Waals surface area contributed by atoms with Crippen LogP contribution in [-0.2, 0) is 19.9 Å². The number of aromatic nitrogens is 3. The van der Waals surface area contributed by atoms with Crippen molar-refractivity contribution in [3.05, 3.63) is 28.0 Å². The molecule has 0 bridgehead atoms. The topological polar surface area (TPSA) is 71.8 Å². The van der Waals surface area contributed by atoms with Gasteiger partial charge in [0.2, 0.25) is 0 Å². The third kappa shape index (κ3) is 3.79. The average molecular weight is 333 g/mol. The van der Waals surface area contributed by atoms with Crippen molar-refractivity contribution in [1.29, 1.82) is 0 Å². The third-order valence-electron chi connectivity index (χ3n) is 4.29. The second-order valence-electron chi connectivity index (χ2n) is 5.98. The molecule has 2 aromatic rings. The maximum atomic E-state index is 12.4. The molecule has 0 aromatic carbocycles. The molecule has 6 nitrogen and oxygen atoms in total. The molecule has 1 unspecified atom stereocenters. The van der Waals surface area contributed by atoms with E-state index in [9.17, 15) is 4.79 Å². The standard InChI is InChI=1S/C16H23N5OS/c1-3-14-12(9-18-21(14)2)20-16(22)13-10-23-15(19-13)7-11-5-4-6-17-8-11/h9-11,17H,3-8H2,1-2H3,(H,20,22). The Balaban J connectivity index is 1.63. The normalized spacial score (nSPS) is 18.1. The summed E-state index contributed by atoms with van der Waals surface area (Å²) in [5.74, 6) is 0.479. The number of aryl methyl sites for hydroxylation is 1. The van der Waals surface area contributed by atoms with Gasteiger partial charge in [0, 0.05) is 18.8 Å². The zero-order chi connectivity index (χ0) is 16.2. The molecule has 0 radical (unpaired) electrons. The van der Waals surface area contributed by atoms with Crippen LogP contribution < -0.4 is 10.6 Å². The number of rotatable bonds is 5. The van der Waals surface area contributed by atoms with Crippen LogP contribution in [-0.4, -0.2) is 33.8 Å². The minimum Gasteiger partial charge on any atom is -0.318 e. The van der Waals surface area contributed by atoms with Gasteiger partial charge in [-0.05, 0) is 38.3 Å². The summed E-state index contributed by atoms with van der Waals surface area (Å²) in [6.07, 6.45) is 5.94. The summed E-state index contributed by atoms with van der Waals surface area (Å²) in [4.78, 5) is 16.9. The number of nitrogens with one attached hydrogen (secondary N) is 2. The summed E-state index contributed by atoms with van der Waals surface area (Å²) in [7, 11) is 1.88. The van der Waals surface area contributed by atoms with E-state index in [1.54, 1.807) is 22.2 Å². The fourth-order valence-electron chi connectivity index (χ4n) is 3.03. The first kappa shape index (κ1) is 16.1. The number of carbonyl (C=O) groups is 1. The van der Waals surface area contributed by atoms with E-state index in [-0.39, 0.29) is 5.91 Å². The van der Waals surface area contributed by atoms with Crippen LogP contribution in [0, 0.1) is 5.92 Å². The van der Waals surface area contributed by atoms with E-state index in [1.807, 2.05) is 19.4 Å². The number of carbonyl (C=O) groups excluding carboxylic acids is 1. The molecule has 0 spiro atoms. The molecular formula is C16H23N5OS.